The lowest BCUT2D eigenvalue weighted by atomic mass is 9.96. The molecule has 0 aliphatic carbocycles. The molecule has 1 N–H and O–H groups in total. The monoisotopic (exact) mass is 431 g/mol. The smallest absolute Gasteiger partial charge is 0.407 e. The maximum Gasteiger partial charge on any atom is 0.407 e. The summed E-state index contributed by atoms with van der Waals surface area (Å²) < 4.78 is 7.88. The second-order valence-corrected chi connectivity index (χ2v) is 8.89. The van der Waals surface area contributed by atoms with E-state index in [2.05, 4.69) is 35.2 Å². The Kier molecular flexibility index (Phi) is 4.34. The van der Waals surface area contributed by atoms with Crippen LogP contribution in [0.25, 0.3) is 16.8 Å². The summed E-state index contributed by atoms with van der Waals surface area (Å²) in [5.74, 6) is 1.75. The molecule has 2 saturated heterocycles. The van der Waals surface area contributed by atoms with Crippen LogP contribution in [0.3, 0.4) is 0 Å². The first-order valence-corrected chi connectivity index (χ1v) is 11.1. The van der Waals surface area contributed by atoms with Gasteiger partial charge in [0.1, 0.15) is 18.2 Å². The fourth-order valence-corrected chi connectivity index (χ4v) is 5.57. The molecular formula is C24H25N5O3. The van der Waals surface area contributed by atoms with Crippen molar-refractivity contribution < 1.29 is 14.6 Å². The van der Waals surface area contributed by atoms with Gasteiger partial charge in [0.15, 0.2) is 0 Å². The highest BCUT2D eigenvalue weighted by atomic mass is 16.5. The largest absolute Gasteiger partial charge is 0.487 e. The number of nitrogens with zero attached hydrogens (tertiary/aromatic N) is 5. The van der Waals surface area contributed by atoms with Gasteiger partial charge in [0.05, 0.1) is 11.4 Å². The van der Waals surface area contributed by atoms with Crippen LogP contribution in [0.15, 0.2) is 48.8 Å². The number of pyridine rings is 1. The highest BCUT2D eigenvalue weighted by molar-refractivity contribution is 5.76. The first-order valence-electron chi connectivity index (χ1n) is 11.1. The van der Waals surface area contributed by atoms with Gasteiger partial charge in [-0.3, -0.25) is 0 Å². The summed E-state index contributed by atoms with van der Waals surface area (Å²) in [4.78, 5) is 20.4. The van der Waals surface area contributed by atoms with Gasteiger partial charge in [0, 0.05) is 54.8 Å². The Bertz CT molecular complexity index is 1160. The van der Waals surface area contributed by atoms with Gasteiger partial charge in [-0.2, -0.15) is 5.10 Å². The summed E-state index contributed by atoms with van der Waals surface area (Å²) in [6.45, 7) is 0.426. The Morgan fingerprint density at radius 3 is 2.66 bits per heavy atom. The first kappa shape index (κ1) is 19.2. The van der Waals surface area contributed by atoms with Crippen molar-refractivity contribution in [1.82, 2.24) is 19.7 Å². The number of anilines is 1. The van der Waals surface area contributed by atoms with Crippen LogP contribution in [0.1, 0.15) is 31.4 Å². The number of fused-ring (bicyclic) bond motifs is 5. The predicted molar refractivity (Wildman–Crippen MR) is 119 cm³/mol. The number of aromatic nitrogens is 3. The average molecular weight is 431 g/mol. The molecular weight excluding hydrogens is 406 g/mol. The standard InChI is InChI=1S/C24H25N5O3/c1-27(18-11-16-3-4-17(12-18)29(16)24(30)31)23-8-7-19-20-6-5-15(28-10-2-9-25-28)13-22(20)32-14-21(19)26-23/h2,5-10,13,16-18H,3-4,11-12,14H2,1H3,(H,30,31)/t16-,17+,18-. The number of rotatable bonds is 3. The minimum atomic E-state index is -0.781. The Morgan fingerprint density at radius 2 is 1.94 bits per heavy atom. The first-order chi connectivity index (χ1) is 15.6. The molecule has 3 aliphatic heterocycles. The van der Waals surface area contributed by atoms with E-state index in [0.717, 1.165) is 59.8 Å². The summed E-state index contributed by atoms with van der Waals surface area (Å²) in [5.41, 5.74) is 4.02. The van der Waals surface area contributed by atoms with Crippen LogP contribution in [-0.2, 0) is 6.61 Å². The van der Waals surface area contributed by atoms with Gasteiger partial charge in [0.25, 0.3) is 0 Å². The van der Waals surface area contributed by atoms with E-state index >= 15 is 0 Å². The van der Waals surface area contributed by atoms with Gasteiger partial charge in [-0.05, 0) is 56.0 Å². The van der Waals surface area contributed by atoms with Crippen LogP contribution in [0.5, 0.6) is 5.75 Å². The lowest BCUT2D eigenvalue weighted by Gasteiger charge is -2.41. The molecule has 3 aromatic rings. The summed E-state index contributed by atoms with van der Waals surface area (Å²) in [6, 6.07) is 12.7. The maximum absolute atomic E-state index is 11.6. The minimum Gasteiger partial charge on any atom is -0.487 e. The summed E-state index contributed by atoms with van der Waals surface area (Å²) in [7, 11) is 2.07. The van der Waals surface area contributed by atoms with Crippen molar-refractivity contribution in [1.29, 1.82) is 0 Å². The second-order valence-electron chi connectivity index (χ2n) is 8.89. The third kappa shape index (κ3) is 3.01. The van der Waals surface area contributed by atoms with E-state index in [9.17, 15) is 9.90 Å². The molecule has 3 atom stereocenters. The second kappa shape index (κ2) is 7.25. The SMILES string of the molecule is CN(c1ccc2c(n1)COc1cc(-n3cccn3)ccc1-2)[C@@H]1C[C@H]2CC[C@@H](C1)N2C(=O)O. The average Bonchev–Trinajstić information content (AvgIpc) is 3.44. The zero-order valence-corrected chi connectivity index (χ0v) is 17.9. The van der Waals surface area contributed by atoms with Gasteiger partial charge in [-0.1, -0.05) is 0 Å². The van der Waals surface area contributed by atoms with Crippen LogP contribution >= 0.6 is 0 Å². The summed E-state index contributed by atoms with van der Waals surface area (Å²) >= 11 is 0. The van der Waals surface area contributed by atoms with Crippen molar-refractivity contribution in [2.75, 3.05) is 11.9 Å². The van der Waals surface area contributed by atoms with Gasteiger partial charge < -0.3 is 19.6 Å². The van der Waals surface area contributed by atoms with Crippen LogP contribution in [0.4, 0.5) is 10.6 Å². The molecule has 6 rings (SSSR count). The number of ether oxygens (including phenoxy) is 1. The van der Waals surface area contributed by atoms with Crippen LogP contribution < -0.4 is 9.64 Å². The number of amides is 1. The van der Waals surface area contributed by atoms with Crippen LogP contribution in [0, 0.1) is 0 Å². The summed E-state index contributed by atoms with van der Waals surface area (Å²) in [6.07, 6.45) is 6.52. The highest BCUT2D eigenvalue weighted by Crippen LogP contribution is 2.41. The number of piperidine rings is 1. The Balaban J connectivity index is 1.25. The van der Waals surface area contributed by atoms with Crippen LogP contribution in [-0.4, -0.2) is 56.0 Å². The van der Waals surface area contributed by atoms with Crippen molar-refractivity contribution in [3.05, 3.63) is 54.5 Å². The van der Waals surface area contributed by atoms with E-state index < -0.39 is 6.09 Å². The van der Waals surface area contributed by atoms with E-state index in [0.29, 0.717) is 12.6 Å². The lowest BCUT2D eigenvalue weighted by Crippen LogP contribution is -2.51. The molecule has 0 spiro atoms. The molecule has 2 aromatic heterocycles. The van der Waals surface area contributed by atoms with Crippen molar-refractivity contribution >= 4 is 11.9 Å². The molecule has 5 heterocycles. The van der Waals surface area contributed by atoms with Crippen molar-refractivity contribution in [2.24, 2.45) is 0 Å². The molecule has 0 saturated carbocycles. The Morgan fingerprint density at radius 1 is 1.16 bits per heavy atom. The third-order valence-corrected chi connectivity index (χ3v) is 7.19. The number of carboxylic acid groups (broad SMARTS) is 1. The molecule has 8 heteroatoms. The number of hydrogen-bond acceptors (Lipinski definition) is 5. The van der Waals surface area contributed by atoms with Gasteiger partial charge in [0.2, 0.25) is 0 Å². The van der Waals surface area contributed by atoms with Crippen molar-refractivity contribution in [3.8, 4) is 22.6 Å². The summed E-state index contributed by atoms with van der Waals surface area (Å²) in [5, 5.41) is 13.8. The number of benzene rings is 1. The molecule has 0 radical (unpaired) electrons. The zero-order chi connectivity index (χ0) is 21.8. The van der Waals surface area contributed by atoms with Gasteiger partial charge in [-0.25, -0.2) is 14.5 Å². The molecule has 8 nitrogen and oxygen atoms in total. The molecule has 2 bridgehead atoms. The molecule has 1 amide bonds. The quantitative estimate of drug-likeness (QED) is 0.676. The van der Waals surface area contributed by atoms with E-state index in [1.807, 2.05) is 29.1 Å². The predicted octanol–water partition coefficient (Wildman–Crippen LogP) is 3.94. The molecule has 1 aromatic carbocycles. The van der Waals surface area contributed by atoms with E-state index in [1.165, 1.54) is 0 Å². The minimum absolute atomic E-state index is 0.121. The maximum atomic E-state index is 11.6. The van der Waals surface area contributed by atoms with E-state index in [4.69, 9.17) is 9.72 Å². The van der Waals surface area contributed by atoms with Crippen LogP contribution in [0.2, 0.25) is 0 Å². The Labute approximate surface area is 186 Å². The molecule has 164 valence electrons. The van der Waals surface area contributed by atoms with Gasteiger partial charge in [-0.15, -0.1) is 0 Å². The molecule has 2 fully saturated rings. The van der Waals surface area contributed by atoms with Gasteiger partial charge >= 0.3 is 6.09 Å². The molecule has 0 unspecified atom stereocenters. The highest BCUT2D eigenvalue weighted by Gasteiger charge is 2.44. The van der Waals surface area contributed by atoms with Crippen molar-refractivity contribution in [3.63, 3.8) is 0 Å². The lowest BCUT2D eigenvalue weighted by molar-refractivity contribution is 0.0965. The number of hydrogen-bond donors (Lipinski definition) is 1. The van der Waals surface area contributed by atoms with Crippen molar-refractivity contribution in [2.45, 2.75) is 50.4 Å². The topological polar surface area (TPSA) is 83.7 Å². The van der Waals surface area contributed by atoms with E-state index in [-0.39, 0.29) is 12.1 Å². The normalized spacial score (nSPS) is 23.3. The van der Waals surface area contributed by atoms with E-state index in [1.54, 1.807) is 11.1 Å². The fraction of sp³-hybridized carbons (Fsp3) is 0.375. The fourth-order valence-electron chi connectivity index (χ4n) is 5.57. The molecule has 32 heavy (non-hydrogen) atoms. The number of carbonyl (C=O) groups is 1. The molecule has 3 aliphatic rings. The zero-order valence-electron chi connectivity index (χ0n) is 17.9. The Hall–Kier alpha value is -3.55. The third-order valence-electron chi connectivity index (χ3n) is 7.19.